The zero-order valence-corrected chi connectivity index (χ0v) is 15.3. The summed E-state index contributed by atoms with van der Waals surface area (Å²) in [4.78, 5) is 2.64. The molecule has 0 unspecified atom stereocenters. The third kappa shape index (κ3) is 5.71. The van der Waals surface area contributed by atoms with Crippen LogP contribution in [0.2, 0.25) is 13.1 Å². The fraction of sp³-hybridized carbons (Fsp3) is 0.579. The fourth-order valence-electron chi connectivity index (χ4n) is 3.10. The Labute approximate surface area is 137 Å². The van der Waals surface area contributed by atoms with Crippen LogP contribution in [0.1, 0.15) is 31.2 Å². The van der Waals surface area contributed by atoms with Crippen molar-refractivity contribution in [2.45, 2.75) is 45.4 Å². The highest BCUT2D eigenvalue weighted by Crippen LogP contribution is 2.21. The molecule has 1 heterocycles. The summed E-state index contributed by atoms with van der Waals surface area (Å²) in [6.45, 7) is 13.5. The molecule has 3 heteroatoms. The highest BCUT2D eigenvalue weighted by Gasteiger charge is 2.28. The molecule has 1 aliphatic heterocycles. The summed E-state index contributed by atoms with van der Waals surface area (Å²) in [6.07, 6.45) is 6.27. The summed E-state index contributed by atoms with van der Waals surface area (Å²) < 4.78 is 5.78. The van der Waals surface area contributed by atoms with Gasteiger partial charge in [-0.05, 0) is 50.5 Å². The summed E-state index contributed by atoms with van der Waals surface area (Å²) in [5, 5.41) is 1.50. The molecule has 1 saturated heterocycles. The number of nitrogens with zero attached hydrogens (tertiary/aromatic N) is 1. The standard InChI is InChI=1S/C19H31NOSi/c1-18(22(2,3)17-20-13-7-8-14-20)10-9-15-21-16-19-11-5-4-6-12-19/h4-6,11-12H,1,7-10,13-17H2,2-3H3. The number of benzene rings is 1. The molecule has 0 spiro atoms. The van der Waals surface area contributed by atoms with Gasteiger partial charge in [0.05, 0.1) is 14.7 Å². The van der Waals surface area contributed by atoms with Crippen LogP contribution in [0.25, 0.3) is 0 Å². The van der Waals surface area contributed by atoms with Crippen LogP contribution in [0.4, 0.5) is 0 Å². The molecule has 0 saturated carbocycles. The second-order valence-corrected chi connectivity index (χ2v) is 11.9. The molecular weight excluding hydrogens is 286 g/mol. The van der Waals surface area contributed by atoms with E-state index in [1.807, 2.05) is 6.07 Å². The van der Waals surface area contributed by atoms with Crippen LogP contribution < -0.4 is 0 Å². The summed E-state index contributed by atoms with van der Waals surface area (Å²) in [5.41, 5.74) is 1.25. The SMILES string of the molecule is C=C(CCCOCc1ccccc1)[Si](C)(C)CN1CCCC1. The van der Waals surface area contributed by atoms with E-state index in [0.717, 1.165) is 26.1 Å². The van der Waals surface area contributed by atoms with Gasteiger partial charge < -0.3 is 9.64 Å². The first kappa shape index (κ1) is 17.5. The lowest BCUT2D eigenvalue weighted by Gasteiger charge is -2.30. The van der Waals surface area contributed by atoms with E-state index in [1.54, 1.807) is 0 Å². The molecule has 22 heavy (non-hydrogen) atoms. The second kappa shape index (κ2) is 8.66. The van der Waals surface area contributed by atoms with Crippen molar-refractivity contribution in [3.63, 3.8) is 0 Å². The molecule has 0 bridgehead atoms. The number of hydrogen-bond donors (Lipinski definition) is 0. The van der Waals surface area contributed by atoms with Crippen LogP contribution in [0.5, 0.6) is 0 Å². The minimum Gasteiger partial charge on any atom is -0.377 e. The molecule has 1 aromatic carbocycles. The number of ether oxygens (including phenoxy) is 1. The molecular formula is C19H31NOSi. The highest BCUT2D eigenvalue weighted by atomic mass is 28.3. The van der Waals surface area contributed by atoms with Crippen LogP contribution in [-0.4, -0.2) is 38.8 Å². The molecule has 1 aromatic rings. The van der Waals surface area contributed by atoms with E-state index in [4.69, 9.17) is 4.74 Å². The predicted octanol–water partition coefficient (Wildman–Crippen LogP) is 4.42. The van der Waals surface area contributed by atoms with Crippen LogP contribution in [0.15, 0.2) is 42.1 Å². The van der Waals surface area contributed by atoms with Crippen LogP contribution in [0, 0.1) is 0 Å². The Hall–Kier alpha value is -0.903. The fourth-order valence-corrected chi connectivity index (χ4v) is 5.61. The molecule has 1 aliphatic rings. The molecule has 0 atom stereocenters. The first-order valence-electron chi connectivity index (χ1n) is 8.60. The summed E-state index contributed by atoms with van der Waals surface area (Å²) in [5.74, 6) is 0. The normalized spacial score (nSPS) is 16.1. The molecule has 1 fully saturated rings. The van der Waals surface area contributed by atoms with Crippen molar-refractivity contribution < 1.29 is 4.74 Å². The molecule has 0 aliphatic carbocycles. The molecule has 122 valence electrons. The zero-order chi connectivity index (χ0) is 15.8. The van der Waals surface area contributed by atoms with Crippen molar-refractivity contribution in [2.24, 2.45) is 0 Å². The Morgan fingerprint density at radius 3 is 2.55 bits per heavy atom. The van der Waals surface area contributed by atoms with Crippen molar-refractivity contribution in [3.05, 3.63) is 47.7 Å². The monoisotopic (exact) mass is 317 g/mol. The quantitative estimate of drug-likeness (QED) is 0.494. The van der Waals surface area contributed by atoms with E-state index in [1.165, 1.54) is 42.9 Å². The number of allylic oxidation sites excluding steroid dienone is 1. The second-order valence-electron chi connectivity index (χ2n) is 7.11. The van der Waals surface area contributed by atoms with Gasteiger partial charge in [0.1, 0.15) is 0 Å². The molecule has 2 rings (SSSR count). The van der Waals surface area contributed by atoms with Gasteiger partial charge in [0.25, 0.3) is 0 Å². The van der Waals surface area contributed by atoms with Crippen LogP contribution in [-0.2, 0) is 11.3 Å². The van der Waals surface area contributed by atoms with Crippen molar-refractivity contribution >= 4 is 8.07 Å². The van der Waals surface area contributed by atoms with Gasteiger partial charge in [-0.2, -0.15) is 0 Å². The molecule has 0 radical (unpaired) electrons. The van der Waals surface area contributed by atoms with Crippen LogP contribution >= 0.6 is 0 Å². The zero-order valence-electron chi connectivity index (χ0n) is 14.3. The van der Waals surface area contributed by atoms with E-state index >= 15 is 0 Å². The van der Waals surface area contributed by atoms with Gasteiger partial charge in [-0.15, -0.1) is 6.58 Å². The van der Waals surface area contributed by atoms with Crippen molar-refractivity contribution in [1.29, 1.82) is 0 Å². The Morgan fingerprint density at radius 1 is 1.18 bits per heavy atom. The molecule has 0 aromatic heterocycles. The van der Waals surface area contributed by atoms with Gasteiger partial charge in [-0.3, -0.25) is 0 Å². The van der Waals surface area contributed by atoms with E-state index in [9.17, 15) is 0 Å². The third-order valence-electron chi connectivity index (χ3n) is 4.65. The van der Waals surface area contributed by atoms with E-state index < -0.39 is 8.07 Å². The van der Waals surface area contributed by atoms with Gasteiger partial charge in [0, 0.05) is 6.61 Å². The highest BCUT2D eigenvalue weighted by molar-refractivity contribution is 6.84. The van der Waals surface area contributed by atoms with Gasteiger partial charge in [0.15, 0.2) is 0 Å². The van der Waals surface area contributed by atoms with E-state index in [-0.39, 0.29) is 0 Å². The van der Waals surface area contributed by atoms with Crippen LogP contribution in [0.3, 0.4) is 0 Å². The van der Waals surface area contributed by atoms with E-state index in [2.05, 4.69) is 48.8 Å². The van der Waals surface area contributed by atoms with Crippen molar-refractivity contribution in [1.82, 2.24) is 4.90 Å². The smallest absolute Gasteiger partial charge is 0.0890 e. The Bertz CT molecular complexity index is 452. The molecule has 0 amide bonds. The minimum absolute atomic E-state index is 0.724. The summed E-state index contributed by atoms with van der Waals surface area (Å²) >= 11 is 0. The summed E-state index contributed by atoms with van der Waals surface area (Å²) in [6, 6.07) is 10.4. The lowest BCUT2D eigenvalue weighted by molar-refractivity contribution is 0.119. The maximum Gasteiger partial charge on any atom is 0.0890 e. The summed E-state index contributed by atoms with van der Waals surface area (Å²) in [7, 11) is -1.32. The topological polar surface area (TPSA) is 12.5 Å². The maximum atomic E-state index is 5.78. The number of likely N-dealkylation sites (tertiary alicyclic amines) is 1. The minimum atomic E-state index is -1.32. The molecule has 2 nitrogen and oxygen atoms in total. The number of hydrogen-bond acceptors (Lipinski definition) is 2. The lowest BCUT2D eigenvalue weighted by atomic mass is 10.2. The first-order valence-corrected chi connectivity index (χ1v) is 11.8. The van der Waals surface area contributed by atoms with Gasteiger partial charge in [-0.25, -0.2) is 0 Å². The van der Waals surface area contributed by atoms with Gasteiger partial charge in [-0.1, -0.05) is 48.6 Å². The first-order chi connectivity index (χ1) is 10.6. The Morgan fingerprint density at radius 2 is 1.86 bits per heavy atom. The number of rotatable bonds is 9. The Balaban J connectivity index is 1.62. The van der Waals surface area contributed by atoms with Gasteiger partial charge >= 0.3 is 0 Å². The van der Waals surface area contributed by atoms with Crippen molar-refractivity contribution in [2.75, 3.05) is 25.9 Å². The molecule has 0 N–H and O–H groups in total. The van der Waals surface area contributed by atoms with Crippen molar-refractivity contribution in [3.8, 4) is 0 Å². The van der Waals surface area contributed by atoms with E-state index in [0.29, 0.717) is 0 Å². The predicted molar refractivity (Wildman–Crippen MR) is 97.6 cm³/mol. The maximum absolute atomic E-state index is 5.78. The average Bonchev–Trinajstić information content (AvgIpc) is 3.00. The largest absolute Gasteiger partial charge is 0.377 e. The lowest BCUT2D eigenvalue weighted by Crippen LogP contribution is -2.43. The average molecular weight is 318 g/mol. The van der Waals surface area contributed by atoms with Gasteiger partial charge in [0.2, 0.25) is 0 Å². The third-order valence-corrected chi connectivity index (χ3v) is 8.06. The Kier molecular flexibility index (Phi) is 6.87.